The van der Waals surface area contributed by atoms with Crippen LogP contribution in [0.25, 0.3) is 0 Å². The SMILES string of the molecule is Cc1nc(N2CCCCCCC2)ccc1Nc1ccc(CNC(=O)C2CNC(=O)C2)cc1. The van der Waals surface area contributed by atoms with E-state index in [1.165, 1.54) is 32.1 Å². The number of pyridine rings is 1. The van der Waals surface area contributed by atoms with Crippen LogP contribution in [0, 0.1) is 12.8 Å². The molecule has 2 amide bonds. The number of hydrogen-bond acceptors (Lipinski definition) is 5. The van der Waals surface area contributed by atoms with E-state index >= 15 is 0 Å². The van der Waals surface area contributed by atoms with Crippen LogP contribution in [0.1, 0.15) is 49.8 Å². The van der Waals surface area contributed by atoms with Gasteiger partial charge in [-0.25, -0.2) is 4.98 Å². The van der Waals surface area contributed by atoms with Gasteiger partial charge in [-0.15, -0.1) is 0 Å². The van der Waals surface area contributed by atoms with Crippen LogP contribution in [0.5, 0.6) is 0 Å². The Morgan fingerprint density at radius 3 is 2.44 bits per heavy atom. The van der Waals surface area contributed by atoms with Crippen molar-refractivity contribution in [3.63, 3.8) is 0 Å². The summed E-state index contributed by atoms with van der Waals surface area (Å²) >= 11 is 0. The summed E-state index contributed by atoms with van der Waals surface area (Å²) in [4.78, 5) is 30.7. The molecule has 1 atom stereocenters. The highest BCUT2D eigenvalue weighted by atomic mass is 16.2. The number of amides is 2. The van der Waals surface area contributed by atoms with Gasteiger partial charge in [-0.1, -0.05) is 31.4 Å². The summed E-state index contributed by atoms with van der Waals surface area (Å²) < 4.78 is 0. The zero-order valence-corrected chi connectivity index (χ0v) is 18.8. The Hall–Kier alpha value is -3.09. The summed E-state index contributed by atoms with van der Waals surface area (Å²) in [5.74, 6) is 0.675. The number of carbonyl (C=O) groups excluding carboxylic acids is 2. The van der Waals surface area contributed by atoms with Crippen LogP contribution < -0.4 is 20.9 Å². The Morgan fingerprint density at radius 2 is 1.78 bits per heavy atom. The summed E-state index contributed by atoms with van der Waals surface area (Å²) in [6.07, 6.45) is 6.73. The Labute approximate surface area is 190 Å². The van der Waals surface area contributed by atoms with Gasteiger partial charge in [0.15, 0.2) is 0 Å². The molecular formula is C25H33N5O2. The van der Waals surface area contributed by atoms with E-state index in [1.807, 2.05) is 31.2 Å². The normalized spacial score (nSPS) is 19.1. The van der Waals surface area contributed by atoms with Crippen molar-refractivity contribution in [1.82, 2.24) is 15.6 Å². The van der Waals surface area contributed by atoms with E-state index in [0.717, 1.165) is 41.5 Å². The Bertz CT molecular complexity index is 936. The van der Waals surface area contributed by atoms with Crippen LogP contribution in [0.2, 0.25) is 0 Å². The second kappa shape index (κ2) is 10.5. The first kappa shape index (κ1) is 22.1. The second-order valence-electron chi connectivity index (χ2n) is 8.80. The van der Waals surface area contributed by atoms with Gasteiger partial charge >= 0.3 is 0 Å². The zero-order chi connectivity index (χ0) is 22.3. The van der Waals surface area contributed by atoms with E-state index in [4.69, 9.17) is 4.98 Å². The highest BCUT2D eigenvalue weighted by Gasteiger charge is 2.27. The summed E-state index contributed by atoms with van der Waals surface area (Å²) in [7, 11) is 0. The maximum atomic E-state index is 12.2. The first-order valence-corrected chi connectivity index (χ1v) is 11.7. The lowest BCUT2D eigenvalue weighted by Gasteiger charge is -2.26. The third-order valence-electron chi connectivity index (χ3n) is 6.30. The molecule has 32 heavy (non-hydrogen) atoms. The van der Waals surface area contributed by atoms with Crippen molar-refractivity contribution < 1.29 is 9.59 Å². The quantitative estimate of drug-likeness (QED) is 0.645. The number of aromatic nitrogens is 1. The first-order chi connectivity index (χ1) is 15.6. The van der Waals surface area contributed by atoms with Crippen LogP contribution in [0.4, 0.5) is 17.2 Å². The fourth-order valence-corrected chi connectivity index (χ4v) is 4.32. The molecule has 4 rings (SSSR count). The van der Waals surface area contributed by atoms with Gasteiger partial charge in [-0.2, -0.15) is 0 Å². The molecule has 7 heteroatoms. The molecule has 2 aliphatic heterocycles. The summed E-state index contributed by atoms with van der Waals surface area (Å²) in [5.41, 5.74) is 3.99. The highest BCUT2D eigenvalue weighted by molar-refractivity contribution is 5.89. The van der Waals surface area contributed by atoms with E-state index in [0.29, 0.717) is 13.1 Å². The van der Waals surface area contributed by atoms with E-state index < -0.39 is 0 Å². The molecule has 0 bridgehead atoms. The van der Waals surface area contributed by atoms with Gasteiger partial charge in [0.05, 0.1) is 17.3 Å². The fraction of sp³-hybridized carbons (Fsp3) is 0.480. The summed E-state index contributed by atoms with van der Waals surface area (Å²) in [6.45, 7) is 5.10. The third-order valence-corrected chi connectivity index (χ3v) is 6.30. The van der Waals surface area contributed by atoms with Gasteiger partial charge in [0.2, 0.25) is 11.8 Å². The molecule has 2 fully saturated rings. The molecule has 1 aromatic heterocycles. The van der Waals surface area contributed by atoms with Gasteiger partial charge in [0.25, 0.3) is 0 Å². The maximum absolute atomic E-state index is 12.2. The molecule has 0 saturated carbocycles. The van der Waals surface area contributed by atoms with Gasteiger partial charge in [-0.3, -0.25) is 9.59 Å². The number of nitrogens with one attached hydrogen (secondary N) is 3. The summed E-state index contributed by atoms with van der Waals surface area (Å²) in [6, 6.07) is 12.2. The lowest BCUT2D eigenvalue weighted by atomic mass is 10.1. The summed E-state index contributed by atoms with van der Waals surface area (Å²) in [5, 5.41) is 9.07. The second-order valence-corrected chi connectivity index (χ2v) is 8.80. The maximum Gasteiger partial charge on any atom is 0.225 e. The van der Waals surface area contributed by atoms with E-state index in [2.05, 4.69) is 33.0 Å². The average Bonchev–Trinajstić information content (AvgIpc) is 3.21. The smallest absolute Gasteiger partial charge is 0.225 e. The molecule has 2 saturated heterocycles. The van der Waals surface area contributed by atoms with Gasteiger partial charge in [0.1, 0.15) is 5.82 Å². The van der Waals surface area contributed by atoms with Gasteiger partial charge in [0, 0.05) is 38.3 Å². The van der Waals surface area contributed by atoms with E-state index in [9.17, 15) is 9.59 Å². The minimum Gasteiger partial charge on any atom is -0.357 e. The molecule has 1 aromatic carbocycles. The molecule has 2 aliphatic rings. The number of nitrogens with zero attached hydrogens (tertiary/aromatic N) is 2. The van der Waals surface area contributed by atoms with E-state index in [-0.39, 0.29) is 24.2 Å². The third kappa shape index (κ3) is 5.78. The molecular weight excluding hydrogens is 402 g/mol. The molecule has 0 aliphatic carbocycles. The van der Waals surface area contributed by atoms with Crippen molar-refractivity contribution in [2.24, 2.45) is 5.92 Å². The van der Waals surface area contributed by atoms with Crippen molar-refractivity contribution in [1.29, 1.82) is 0 Å². The molecule has 0 spiro atoms. The van der Waals surface area contributed by atoms with Crippen molar-refractivity contribution in [3.8, 4) is 0 Å². The van der Waals surface area contributed by atoms with E-state index in [1.54, 1.807) is 0 Å². The monoisotopic (exact) mass is 435 g/mol. The lowest BCUT2D eigenvalue weighted by molar-refractivity contribution is -0.126. The lowest BCUT2D eigenvalue weighted by Crippen LogP contribution is -2.31. The molecule has 3 N–H and O–H groups in total. The number of aryl methyl sites for hydroxylation is 1. The molecule has 0 radical (unpaired) electrons. The average molecular weight is 436 g/mol. The number of carbonyl (C=O) groups is 2. The Balaban J connectivity index is 1.31. The number of anilines is 3. The van der Waals surface area contributed by atoms with Crippen LogP contribution in [-0.2, 0) is 16.1 Å². The molecule has 2 aromatic rings. The van der Waals surface area contributed by atoms with Crippen LogP contribution >= 0.6 is 0 Å². The minimum absolute atomic E-state index is 0.0553. The number of hydrogen-bond donors (Lipinski definition) is 3. The predicted molar refractivity (Wildman–Crippen MR) is 127 cm³/mol. The highest BCUT2D eigenvalue weighted by Crippen LogP contribution is 2.24. The Kier molecular flexibility index (Phi) is 7.24. The van der Waals surface area contributed by atoms with Crippen LogP contribution in [-0.4, -0.2) is 36.4 Å². The zero-order valence-electron chi connectivity index (χ0n) is 18.8. The van der Waals surface area contributed by atoms with Crippen molar-refractivity contribution in [2.75, 3.05) is 29.9 Å². The van der Waals surface area contributed by atoms with Crippen LogP contribution in [0.3, 0.4) is 0 Å². The van der Waals surface area contributed by atoms with Gasteiger partial charge < -0.3 is 20.9 Å². The first-order valence-electron chi connectivity index (χ1n) is 11.7. The molecule has 3 heterocycles. The number of benzene rings is 1. The topological polar surface area (TPSA) is 86.4 Å². The predicted octanol–water partition coefficient (Wildman–Crippen LogP) is 3.66. The largest absolute Gasteiger partial charge is 0.357 e. The standard InChI is InChI=1S/C25H33N5O2/c1-18-22(11-12-23(28-18)30-13-5-3-2-4-6-14-30)29-21-9-7-19(8-10-21)16-27-25(32)20-15-24(31)26-17-20/h7-12,20,29H,2-6,13-17H2,1H3,(H,26,31)(H,27,32). The number of rotatable bonds is 6. The van der Waals surface area contributed by atoms with Gasteiger partial charge in [-0.05, 0) is 49.6 Å². The van der Waals surface area contributed by atoms with Crippen molar-refractivity contribution in [2.45, 2.75) is 52.0 Å². The Morgan fingerprint density at radius 1 is 1.06 bits per heavy atom. The van der Waals surface area contributed by atoms with Crippen molar-refractivity contribution in [3.05, 3.63) is 47.7 Å². The minimum atomic E-state index is -0.263. The van der Waals surface area contributed by atoms with Crippen molar-refractivity contribution >= 4 is 29.0 Å². The molecule has 7 nitrogen and oxygen atoms in total. The molecule has 1 unspecified atom stereocenters. The van der Waals surface area contributed by atoms with Crippen LogP contribution in [0.15, 0.2) is 36.4 Å². The molecule has 170 valence electrons. The fourth-order valence-electron chi connectivity index (χ4n) is 4.32.